The van der Waals surface area contributed by atoms with Crippen LogP contribution in [0.3, 0.4) is 0 Å². The lowest BCUT2D eigenvalue weighted by Crippen LogP contribution is -2.49. The van der Waals surface area contributed by atoms with E-state index in [1.807, 2.05) is 6.92 Å². The second-order valence-electron chi connectivity index (χ2n) is 2.90. The molecule has 0 spiro atoms. The summed E-state index contributed by atoms with van der Waals surface area (Å²) in [6.45, 7) is 3.29. The minimum Gasteiger partial charge on any atom is -0.481 e. The highest BCUT2D eigenvalue weighted by atomic mass is 16.5. The Morgan fingerprint density at radius 1 is 1.82 bits per heavy atom. The molecule has 2 N–H and O–H groups in total. The molecule has 1 heterocycles. The first-order chi connectivity index (χ1) is 5.18. The molecule has 1 fully saturated rings. The Morgan fingerprint density at radius 3 is 2.82 bits per heavy atom. The fourth-order valence-electron chi connectivity index (χ4n) is 1.06. The topological polar surface area (TPSA) is 58.6 Å². The smallest absolute Gasteiger partial charge is 0.304 e. The summed E-state index contributed by atoms with van der Waals surface area (Å²) in [5.41, 5.74) is 0. The fraction of sp³-hybridized carbons (Fsp3) is 0.857. The highest BCUT2D eigenvalue weighted by molar-refractivity contribution is 5.67. The summed E-state index contributed by atoms with van der Waals surface area (Å²) < 4.78 is 4.93. The first-order valence-corrected chi connectivity index (χ1v) is 3.74. The Labute approximate surface area is 65.5 Å². The van der Waals surface area contributed by atoms with Gasteiger partial charge in [-0.15, -0.1) is 0 Å². The lowest BCUT2D eigenvalue weighted by Gasteiger charge is -2.29. The van der Waals surface area contributed by atoms with Gasteiger partial charge in [0.05, 0.1) is 25.7 Å². The normalized spacial score (nSPS) is 20.8. The van der Waals surface area contributed by atoms with Crippen molar-refractivity contribution >= 4 is 5.97 Å². The molecular weight excluding hydrogens is 146 g/mol. The van der Waals surface area contributed by atoms with Gasteiger partial charge in [0, 0.05) is 6.04 Å². The lowest BCUT2D eigenvalue weighted by molar-refractivity contribution is -0.137. The van der Waals surface area contributed by atoms with Crippen LogP contribution in [0.25, 0.3) is 0 Å². The second kappa shape index (κ2) is 3.69. The number of carboxylic acids is 1. The minimum atomic E-state index is -0.759. The van der Waals surface area contributed by atoms with E-state index in [9.17, 15) is 4.79 Å². The second-order valence-corrected chi connectivity index (χ2v) is 2.90. The fourth-order valence-corrected chi connectivity index (χ4v) is 1.06. The van der Waals surface area contributed by atoms with E-state index in [0.29, 0.717) is 19.3 Å². The van der Waals surface area contributed by atoms with Gasteiger partial charge in [0.25, 0.3) is 0 Å². The van der Waals surface area contributed by atoms with Crippen molar-refractivity contribution in [3.8, 4) is 0 Å². The summed E-state index contributed by atoms with van der Waals surface area (Å²) in [5, 5.41) is 11.6. The zero-order valence-corrected chi connectivity index (χ0v) is 6.54. The van der Waals surface area contributed by atoms with Crippen LogP contribution in [-0.2, 0) is 9.53 Å². The molecule has 1 rings (SSSR count). The molecule has 4 heteroatoms. The monoisotopic (exact) mass is 159 g/mol. The van der Waals surface area contributed by atoms with Gasteiger partial charge in [0.2, 0.25) is 0 Å². The molecule has 1 atom stereocenters. The van der Waals surface area contributed by atoms with Gasteiger partial charge in [0.15, 0.2) is 0 Å². The Kier molecular flexibility index (Phi) is 2.84. The molecule has 4 nitrogen and oxygen atoms in total. The molecular formula is C7H13NO3. The summed E-state index contributed by atoms with van der Waals surface area (Å²) >= 11 is 0. The Bertz CT molecular complexity index is 145. The molecule has 64 valence electrons. The van der Waals surface area contributed by atoms with Crippen molar-refractivity contribution in [1.29, 1.82) is 0 Å². The number of hydrogen-bond acceptors (Lipinski definition) is 3. The van der Waals surface area contributed by atoms with Gasteiger partial charge in [-0.2, -0.15) is 0 Å². The van der Waals surface area contributed by atoms with E-state index >= 15 is 0 Å². The van der Waals surface area contributed by atoms with Crippen LogP contribution in [-0.4, -0.2) is 36.4 Å². The standard InChI is InChI=1S/C7H13NO3/c1-5(2-7(9)10)8-6-3-11-4-6/h5-6,8H,2-4H2,1H3,(H,9,10). The molecule has 0 aromatic rings. The quantitative estimate of drug-likeness (QED) is 0.598. The third-order valence-corrected chi connectivity index (χ3v) is 1.64. The van der Waals surface area contributed by atoms with E-state index in [1.165, 1.54) is 0 Å². The maximum absolute atomic E-state index is 10.2. The number of hydrogen-bond donors (Lipinski definition) is 2. The van der Waals surface area contributed by atoms with Crippen LogP contribution in [0.15, 0.2) is 0 Å². The Morgan fingerprint density at radius 2 is 2.45 bits per heavy atom. The summed E-state index contributed by atoms with van der Waals surface area (Å²) in [7, 11) is 0. The third-order valence-electron chi connectivity index (χ3n) is 1.64. The molecule has 0 aliphatic carbocycles. The van der Waals surface area contributed by atoms with Crippen molar-refractivity contribution in [3.05, 3.63) is 0 Å². The largest absolute Gasteiger partial charge is 0.481 e. The SMILES string of the molecule is CC(CC(=O)O)NC1COC1. The molecule has 1 saturated heterocycles. The number of aliphatic carboxylic acids is 1. The zero-order chi connectivity index (χ0) is 8.27. The van der Waals surface area contributed by atoms with Crippen LogP contribution in [0.1, 0.15) is 13.3 Å². The molecule has 0 radical (unpaired) electrons. The van der Waals surface area contributed by atoms with E-state index < -0.39 is 5.97 Å². The number of nitrogens with one attached hydrogen (secondary N) is 1. The predicted molar refractivity (Wildman–Crippen MR) is 39.5 cm³/mol. The molecule has 11 heavy (non-hydrogen) atoms. The predicted octanol–water partition coefficient (Wildman–Crippen LogP) is -0.162. The molecule has 1 aliphatic rings. The molecule has 0 amide bonds. The van der Waals surface area contributed by atoms with Crippen molar-refractivity contribution in [1.82, 2.24) is 5.32 Å². The van der Waals surface area contributed by atoms with Gasteiger partial charge < -0.3 is 15.2 Å². The molecule has 0 aromatic carbocycles. The van der Waals surface area contributed by atoms with Gasteiger partial charge in [-0.05, 0) is 6.92 Å². The Balaban J connectivity index is 2.09. The van der Waals surface area contributed by atoms with Crippen molar-refractivity contribution in [2.45, 2.75) is 25.4 Å². The highest BCUT2D eigenvalue weighted by Crippen LogP contribution is 2.02. The van der Waals surface area contributed by atoms with Gasteiger partial charge in [-0.25, -0.2) is 0 Å². The van der Waals surface area contributed by atoms with Gasteiger partial charge >= 0.3 is 5.97 Å². The van der Waals surface area contributed by atoms with Crippen LogP contribution in [0.4, 0.5) is 0 Å². The summed E-state index contributed by atoms with van der Waals surface area (Å²) in [5.74, 6) is -0.759. The number of ether oxygens (including phenoxy) is 1. The van der Waals surface area contributed by atoms with E-state index in [-0.39, 0.29) is 12.5 Å². The van der Waals surface area contributed by atoms with E-state index in [4.69, 9.17) is 9.84 Å². The van der Waals surface area contributed by atoms with Crippen molar-refractivity contribution < 1.29 is 14.6 Å². The molecule has 0 aromatic heterocycles. The molecule has 1 unspecified atom stereocenters. The average Bonchev–Trinajstić information content (AvgIpc) is 1.77. The number of carbonyl (C=O) groups is 1. The lowest BCUT2D eigenvalue weighted by atomic mass is 10.2. The summed E-state index contributed by atoms with van der Waals surface area (Å²) in [4.78, 5) is 10.2. The van der Waals surface area contributed by atoms with Crippen molar-refractivity contribution in [3.63, 3.8) is 0 Å². The average molecular weight is 159 g/mol. The van der Waals surface area contributed by atoms with E-state index in [2.05, 4.69) is 5.32 Å². The first kappa shape index (κ1) is 8.49. The van der Waals surface area contributed by atoms with E-state index in [1.54, 1.807) is 0 Å². The minimum absolute atomic E-state index is 0.0430. The van der Waals surface area contributed by atoms with Crippen molar-refractivity contribution in [2.24, 2.45) is 0 Å². The van der Waals surface area contributed by atoms with Gasteiger partial charge in [0.1, 0.15) is 0 Å². The molecule has 0 saturated carbocycles. The zero-order valence-electron chi connectivity index (χ0n) is 6.54. The van der Waals surface area contributed by atoms with Crippen LogP contribution < -0.4 is 5.32 Å². The highest BCUT2D eigenvalue weighted by Gasteiger charge is 2.20. The first-order valence-electron chi connectivity index (χ1n) is 3.74. The molecule has 0 bridgehead atoms. The molecule has 1 aliphatic heterocycles. The van der Waals surface area contributed by atoms with Crippen LogP contribution in [0.2, 0.25) is 0 Å². The number of carboxylic acid groups (broad SMARTS) is 1. The maximum atomic E-state index is 10.2. The summed E-state index contributed by atoms with van der Waals surface area (Å²) in [6.07, 6.45) is 0.177. The van der Waals surface area contributed by atoms with Crippen LogP contribution in [0, 0.1) is 0 Å². The number of rotatable bonds is 4. The Hall–Kier alpha value is -0.610. The third kappa shape index (κ3) is 2.86. The van der Waals surface area contributed by atoms with Gasteiger partial charge in [-0.1, -0.05) is 0 Å². The van der Waals surface area contributed by atoms with Crippen molar-refractivity contribution in [2.75, 3.05) is 13.2 Å². The summed E-state index contributed by atoms with van der Waals surface area (Å²) in [6, 6.07) is 0.408. The van der Waals surface area contributed by atoms with E-state index in [0.717, 1.165) is 0 Å². The van der Waals surface area contributed by atoms with Crippen LogP contribution >= 0.6 is 0 Å². The van der Waals surface area contributed by atoms with Gasteiger partial charge in [-0.3, -0.25) is 4.79 Å². The van der Waals surface area contributed by atoms with Crippen LogP contribution in [0.5, 0.6) is 0 Å². The maximum Gasteiger partial charge on any atom is 0.304 e.